The average Bonchev–Trinajstić information content (AvgIpc) is 2.63. The molecule has 0 unspecified atom stereocenters. The summed E-state index contributed by atoms with van der Waals surface area (Å²) in [6.07, 6.45) is 1.78. The highest BCUT2D eigenvalue weighted by atomic mass is 35.5. The fraction of sp³-hybridized carbons (Fsp3) is 0. The molecule has 0 aromatic heterocycles. The summed E-state index contributed by atoms with van der Waals surface area (Å²) in [5.41, 5.74) is 2.65. The molecule has 25 heavy (non-hydrogen) atoms. The zero-order valence-corrected chi connectivity index (χ0v) is 14.8. The van der Waals surface area contributed by atoms with Gasteiger partial charge in [0.2, 0.25) is 0 Å². The third kappa shape index (κ3) is 4.30. The predicted molar refractivity (Wildman–Crippen MR) is 106 cm³/mol. The Morgan fingerprint density at radius 1 is 0.760 bits per heavy atom. The van der Waals surface area contributed by atoms with Crippen molar-refractivity contribution in [1.82, 2.24) is 0 Å². The topological polar surface area (TPSA) is 29.1 Å². The predicted octanol–water partition coefficient (Wildman–Crippen LogP) is 6.17. The second-order valence-corrected chi connectivity index (χ2v) is 6.19. The molecule has 3 aromatic rings. The maximum atomic E-state index is 12.9. The number of carbonyl (C=O) groups is 1. The number of halogens is 2. The molecular formula is C21H15Cl2NO. The van der Waals surface area contributed by atoms with E-state index in [1.165, 1.54) is 0 Å². The Bertz CT molecular complexity index is 920. The van der Waals surface area contributed by atoms with E-state index in [0.29, 0.717) is 21.3 Å². The van der Waals surface area contributed by atoms with E-state index >= 15 is 0 Å². The van der Waals surface area contributed by atoms with Gasteiger partial charge in [0.25, 0.3) is 5.91 Å². The lowest BCUT2D eigenvalue weighted by Gasteiger charge is -2.11. The molecule has 0 saturated carbocycles. The zero-order valence-electron chi connectivity index (χ0n) is 13.2. The van der Waals surface area contributed by atoms with Gasteiger partial charge in [-0.2, -0.15) is 0 Å². The summed E-state index contributed by atoms with van der Waals surface area (Å²) < 4.78 is 0. The number of rotatable bonds is 4. The van der Waals surface area contributed by atoms with Crippen LogP contribution in [0, 0.1) is 0 Å². The van der Waals surface area contributed by atoms with Gasteiger partial charge in [-0.1, -0.05) is 83.9 Å². The van der Waals surface area contributed by atoms with Crippen molar-refractivity contribution in [3.63, 3.8) is 0 Å². The third-order valence-electron chi connectivity index (χ3n) is 3.66. The van der Waals surface area contributed by atoms with Crippen molar-refractivity contribution in [2.75, 3.05) is 5.32 Å². The van der Waals surface area contributed by atoms with E-state index in [2.05, 4.69) is 5.32 Å². The van der Waals surface area contributed by atoms with E-state index in [9.17, 15) is 4.79 Å². The second kappa shape index (κ2) is 8.02. The molecule has 0 fully saturated rings. The number of amides is 1. The molecule has 124 valence electrons. The van der Waals surface area contributed by atoms with Crippen molar-refractivity contribution in [3.8, 4) is 0 Å². The molecule has 2 nitrogen and oxygen atoms in total. The van der Waals surface area contributed by atoms with Crippen molar-refractivity contribution >= 4 is 46.4 Å². The van der Waals surface area contributed by atoms with Crippen LogP contribution in [0.25, 0.3) is 11.6 Å². The first-order valence-corrected chi connectivity index (χ1v) is 8.48. The summed E-state index contributed by atoms with van der Waals surface area (Å²) in [6, 6.07) is 24.0. The van der Waals surface area contributed by atoms with Crippen molar-refractivity contribution in [1.29, 1.82) is 0 Å². The maximum Gasteiger partial charge on any atom is 0.256 e. The standard InChI is InChI=1S/C21H15Cl2NO/c22-18-11-5-4-10-16(18)14-17(15-8-2-1-3-9-15)21(25)24-20-13-7-6-12-19(20)23/h1-14H,(H,24,25)/b17-14+. The number of carbonyl (C=O) groups excluding carboxylic acids is 1. The van der Waals surface area contributed by atoms with Gasteiger partial charge in [0.15, 0.2) is 0 Å². The molecule has 0 heterocycles. The van der Waals surface area contributed by atoms with Crippen LogP contribution in [0.5, 0.6) is 0 Å². The molecule has 3 rings (SSSR count). The quantitative estimate of drug-likeness (QED) is 0.433. The Morgan fingerprint density at radius 2 is 1.36 bits per heavy atom. The number of nitrogens with one attached hydrogen (secondary N) is 1. The van der Waals surface area contributed by atoms with Gasteiger partial charge in [-0.15, -0.1) is 0 Å². The minimum absolute atomic E-state index is 0.251. The smallest absolute Gasteiger partial charge is 0.256 e. The summed E-state index contributed by atoms with van der Waals surface area (Å²) in [5, 5.41) is 3.94. The Balaban J connectivity index is 2.01. The van der Waals surface area contributed by atoms with Crippen molar-refractivity contribution in [2.45, 2.75) is 0 Å². The van der Waals surface area contributed by atoms with Crippen LogP contribution in [0.4, 0.5) is 5.69 Å². The molecule has 1 N–H and O–H groups in total. The molecule has 0 spiro atoms. The molecule has 0 aliphatic carbocycles. The Hall–Kier alpha value is -2.55. The highest BCUT2D eigenvalue weighted by Crippen LogP contribution is 2.26. The van der Waals surface area contributed by atoms with Crippen LogP contribution >= 0.6 is 23.2 Å². The van der Waals surface area contributed by atoms with E-state index in [0.717, 1.165) is 11.1 Å². The second-order valence-electron chi connectivity index (χ2n) is 5.38. The number of benzene rings is 3. The maximum absolute atomic E-state index is 12.9. The normalized spacial score (nSPS) is 11.2. The molecule has 1 amide bonds. The van der Waals surface area contributed by atoms with Crippen molar-refractivity contribution in [2.24, 2.45) is 0 Å². The number of hydrogen-bond acceptors (Lipinski definition) is 1. The van der Waals surface area contributed by atoms with Gasteiger partial charge in [-0.25, -0.2) is 0 Å². The molecule has 3 aromatic carbocycles. The number of anilines is 1. The summed E-state index contributed by atoms with van der Waals surface area (Å²) in [4.78, 5) is 12.9. The van der Waals surface area contributed by atoms with E-state index in [1.807, 2.05) is 60.7 Å². The lowest BCUT2D eigenvalue weighted by atomic mass is 10.0. The van der Waals surface area contributed by atoms with Gasteiger partial charge in [0.1, 0.15) is 0 Å². The Kier molecular flexibility index (Phi) is 5.54. The summed E-state index contributed by atoms with van der Waals surface area (Å²) in [7, 11) is 0. The summed E-state index contributed by atoms with van der Waals surface area (Å²) in [6.45, 7) is 0. The summed E-state index contributed by atoms with van der Waals surface area (Å²) in [5.74, 6) is -0.251. The minimum atomic E-state index is -0.251. The molecular weight excluding hydrogens is 353 g/mol. The largest absolute Gasteiger partial charge is 0.321 e. The van der Waals surface area contributed by atoms with E-state index < -0.39 is 0 Å². The SMILES string of the molecule is O=C(Nc1ccccc1Cl)/C(=C/c1ccccc1Cl)c1ccccc1. The van der Waals surface area contributed by atoms with Crippen LogP contribution in [0.2, 0.25) is 10.0 Å². The first kappa shape index (κ1) is 17.3. The first-order valence-electron chi connectivity index (χ1n) is 7.72. The Labute approximate surface area is 156 Å². The fourth-order valence-corrected chi connectivity index (χ4v) is 2.77. The Morgan fingerprint density at radius 3 is 2.04 bits per heavy atom. The van der Waals surface area contributed by atoms with Gasteiger partial charge in [-0.3, -0.25) is 4.79 Å². The highest BCUT2D eigenvalue weighted by Gasteiger charge is 2.14. The highest BCUT2D eigenvalue weighted by molar-refractivity contribution is 6.36. The minimum Gasteiger partial charge on any atom is -0.321 e. The van der Waals surface area contributed by atoms with Crippen molar-refractivity contribution in [3.05, 3.63) is 100 Å². The van der Waals surface area contributed by atoms with Gasteiger partial charge in [0, 0.05) is 10.6 Å². The van der Waals surface area contributed by atoms with Crippen LogP contribution in [0.1, 0.15) is 11.1 Å². The van der Waals surface area contributed by atoms with Crippen LogP contribution < -0.4 is 5.32 Å². The average molecular weight is 368 g/mol. The lowest BCUT2D eigenvalue weighted by molar-refractivity contribution is -0.111. The monoisotopic (exact) mass is 367 g/mol. The van der Waals surface area contributed by atoms with Gasteiger partial charge >= 0.3 is 0 Å². The van der Waals surface area contributed by atoms with E-state index in [4.69, 9.17) is 23.2 Å². The van der Waals surface area contributed by atoms with E-state index in [-0.39, 0.29) is 5.91 Å². The fourth-order valence-electron chi connectivity index (χ4n) is 2.40. The van der Waals surface area contributed by atoms with Crippen LogP contribution in [-0.2, 0) is 4.79 Å². The number of para-hydroxylation sites is 1. The lowest BCUT2D eigenvalue weighted by Crippen LogP contribution is -2.14. The molecule has 0 aliphatic rings. The molecule has 0 aliphatic heterocycles. The zero-order chi connectivity index (χ0) is 17.6. The van der Waals surface area contributed by atoms with Crippen LogP contribution in [0.3, 0.4) is 0 Å². The van der Waals surface area contributed by atoms with Crippen LogP contribution in [0.15, 0.2) is 78.9 Å². The van der Waals surface area contributed by atoms with Crippen LogP contribution in [-0.4, -0.2) is 5.91 Å². The number of hydrogen-bond donors (Lipinski definition) is 1. The molecule has 4 heteroatoms. The van der Waals surface area contributed by atoms with Gasteiger partial charge in [0.05, 0.1) is 10.7 Å². The molecule has 0 atom stereocenters. The van der Waals surface area contributed by atoms with Crippen molar-refractivity contribution < 1.29 is 4.79 Å². The van der Waals surface area contributed by atoms with Gasteiger partial charge < -0.3 is 5.32 Å². The molecule has 0 saturated heterocycles. The van der Waals surface area contributed by atoms with E-state index in [1.54, 1.807) is 24.3 Å². The third-order valence-corrected chi connectivity index (χ3v) is 4.33. The summed E-state index contributed by atoms with van der Waals surface area (Å²) >= 11 is 12.4. The molecule has 0 bridgehead atoms. The first-order chi connectivity index (χ1) is 12.1. The van der Waals surface area contributed by atoms with Gasteiger partial charge in [-0.05, 0) is 35.4 Å². The molecule has 0 radical (unpaired) electrons.